The molecule has 0 saturated carbocycles. The van der Waals surface area contributed by atoms with Crippen LogP contribution in [0.5, 0.6) is 0 Å². The Bertz CT molecular complexity index is 1030. The van der Waals surface area contributed by atoms with Gasteiger partial charge in [0.1, 0.15) is 0 Å². The van der Waals surface area contributed by atoms with Gasteiger partial charge in [-0.05, 0) is 36.4 Å². The molecule has 2 amide bonds. The van der Waals surface area contributed by atoms with E-state index in [2.05, 4.69) is 15.6 Å². The van der Waals surface area contributed by atoms with Gasteiger partial charge < -0.3 is 19.6 Å². The smallest absolute Gasteiger partial charge is 0.323 e. The number of oxazole rings is 1. The maximum absolute atomic E-state index is 12.3. The standard InChI is InChI=1S/C19H16N4O2/c1-23-8-7-13-9-16(5-6-17(13)23)22-19(24)21-15-4-2-3-14(10-15)18-11-20-12-25-18/h2-12H,1H3,(H2,21,22,24). The van der Waals surface area contributed by atoms with Gasteiger partial charge in [-0.3, -0.25) is 0 Å². The van der Waals surface area contributed by atoms with Crippen molar-refractivity contribution in [3.8, 4) is 11.3 Å². The number of carbonyl (C=O) groups excluding carboxylic acids is 1. The quantitative estimate of drug-likeness (QED) is 0.581. The predicted molar refractivity (Wildman–Crippen MR) is 97.5 cm³/mol. The van der Waals surface area contributed by atoms with Crippen molar-refractivity contribution < 1.29 is 9.21 Å². The first kappa shape index (κ1) is 15.0. The zero-order valence-corrected chi connectivity index (χ0v) is 13.6. The van der Waals surface area contributed by atoms with Gasteiger partial charge in [0.15, 0.2) is 12.2 Å². The minimum atomic E-state index is -0.301. The lowest BCUT2D eigenvalue weighted by Crippen LogP contribution is -2.19. The Morgan fingerprint density at radius 2 is 1.92 bits per heavy atom. The third-order valence-corrected chi connectivity index (χ3v) is 3.98. The molecular formula is C19H16N4O2. The van der Waals surface area contributed by atoms with Crippen LogP contribution in [0.4, 0.5) is 16.2 Å². The molecule has 0 spiro atoms. The van der Waals surface area contributed by atoms with E-state index in [1.807, 2.05) is 66.3 Å². The molecule has 0 atom stereocenters. The first-order valence-electron chi connectivity index (χ1n) is 7.81. The number of fused-ring (bicyclic) bond motifs is 1. The van der Waals surface area contributed by atoms with Crippen LogP contribution in [0.15, 0.2) is 71.7 Å². The third-order valence-electron chi connectivity index (χ3n) is 3.98. The second kappa shape index (κ2) is 6.16. The molecule has 4 aromatic rings. The molecule has 6 nitrogen and oxygen atoms in total. The van der Waals surface area contributed by atoms with Crippen molar-refractivity contribution in [2.75, 3.05) is 10.6 Å². The van der Waals surface area contributed by atoms with Crippen molar-refractivity contribution in [1.82, 2.24) is 9.55 Å². The van der Waals surface area contributed by atoms with Crippen molar-refractivity contribution in [3.05, 3.63) is 67.3 Å². The summed E-state index contributed by atoms with van der Waals surface area (Å²) in [6.45, 7) is 0. The lowest BCUT2D eigenvalue weighted by molar-refractivity contribution is 0.262. The van der Waals surface area contributed by atoms with Gasteiger partial charge in [-0.1, -0.05) is 12.1 Å². The summed E-state index contributed by atoms with van der Waals surface area (Å²) in [7, 11) is 1.99. The van der Waals surface area contributed by atoms with Gasteiger partial charge in [0.25, 0.3) is 0 Å². The SMILES string of the molecule is Cn1ccc2cc(NC(=O)Nc3cccc(-c4cnco4)c3)ccc21. The average Bonchev–Trinajstić information content (AvgIpc) is 3.25. The number of nitrogens with zero attached hydrogens (tertiary/aromatic N) is 2. The Kier molecular flexibility index (Phi) is 3.70. The molecule has 124 valence electrons. The second-order valence-corrected chi connectivity index (χ2v) is 5.73. The summed E-state index contributed by atoms with van der Waals surface area (Å²) in [6.07, 6.45) is 5.00. The Labute approximate surface area is 144 Å². The molecule has 25 heavy (non-hydrogen) atoms. The number of rotatable bonds is 3. The molecule has 2 aromatic heterocycles. The summed E-state index contributed by atoms with van der Waals surface area (Å²) in [5.41, 5.74) is 3.38. The first-order chi connectivity index (χ1) is 12.2. The van der Waals surface area contributed by atoms with Crippen LogP contribution in [0, 0.1) is 0 Å². The van der Waals surface area contributed by atoms with Crippen LogP contribution in [0.25, 0.3) is 22.2 Å². The number of hydrogen-bond donors (Lipinski definition) is 2. The third kappa shape index (κ3) is 3.10. The monoisotopic (exact) mass is 332 g/mol. The van der Waals surface area contributed by atoms with Crippen molar-refractivity contribution in [2.24, 2.45) is 7.05 Å². The number of aryl methyl sites for hydroxylation is 1. The number of benzene rings is 2. The average molecular weight is 332 g/mol. The Morgan fingerprint density at radius 1 is 1.08 bits per heavy atom. The van der Waals surface area contributed by atoms with E-state index in [1.54, 1.807) is 6.20 Å². The Balaban J connectivity index is 1.49. The predicted octanol–water partition coefficient (Wildman–Crippen LogP) is 4.48. The van der Waals surface area contributed by atoms with Gasteiger partial charge in [-0.15, -0.1) is 0 Å². The summed E-state index contributed by atoms with van der Waals surface area (Å²) >= 11 is 0. The molecule has 6 heteroatoms. The normalized spacial score (nSPS) is 10.8. The number of anilines is 2. The highest BCUT2D eigenvalue weighted by Gasteiger charge is 2.07. The topological polar surface area (TPSA) is 72.1 Å². The minimum absolute atomic E-state index is 0.301. The van der Waals surface area contributed by atoms with Gasteiger partial charge in [-0.25, -0.2) is 9.78 Å². The molecule has 0 aliphatic rings. The Hall–Kier alpha value is -3.54. The molecule has 2 N–H and O–H groups in total. The number of nitrogens with one attached hydrogen (secondary N) is 2. The summed E-state index contributed by atoms with van der Waals surface area (Å²) in [4.78, 5) is 16.2. The fourth-order valence-electron chi connectivity index (χ4n) is 2.76. The second-order valence-electron chi connectivity index (χ2n) is 5.73. The van der Waals surface area contributed by atoms with Crippen LogP contribution in [0.3, 0.4) is 0 Å². The molecule has 0 bridgehead atoms. The molecule has 0 fully saturated rings. The number of urea groups is 1. The van der Waals surface area contributed by atoms with Crippen LogP contribution >= 0.6 is 0 Å². The van der Waals surface area contributed by atoms with E-state index >= 15 is 0 Å². The van der Waals surface area contributed by atoms with E-state index in [0.29, 0.717) is 11.4 Å². The molecule has 2 heterocycles. The zero-order valence-electron chi connectivity index (χ0n) is 13.6. The molecule has 0 saturated heterocycles. The number of aromatic nitrogens is 2. The highest BCUT2D eigenvalue weighted by molar-refractivity contribution is 6.01. The number of carbonyl (C=O) groups is 1. The molecule has 0 radical (unpaired) electrons. The Morgan fingerprint density at radius 3 is 2.72 bits per heavy atom. The van der Waals surface area contributed by atoms with E-state index < -0.39 is 0 Å². The minimum Gasteiger partial charge on any atom is -0.444 e. The van der Waals surface area contributed by atoms with E-state index in [0.717, 1.165) is 22.2 Å². The van der Waals surface area contributed by atoms with Gasteiger partial charge in [-0.2, -0.15) is 0 Å². The molecule has 0 aliphatic carbocycles. The lowest BCUT2D eigenvalue weighted by Gasteiger charge is -2.09. The van der Waals surface area contributed by atoms with E-state index in [4.69, 9.17) is 4.42 Å². The van der Waals surface area contributed by atoms with Crippen LogP contribution in [0.2, 0.25) is 0 Å². The number of hydrogen-bond acceptors (Lipinski definition) is 3. The maximum atomic E-state index is 12.3. The van der Waals surface area contributed by atoms with Gasteiger partial charge in [0.2, 0.25) is 0 Å². The summed E-state index contributed by atoms with van der Waals surface area (Å²) in [5.74, 6) is 0.651. The van der Waals surface area contributed by atoms with Crippen molar-refractivity contribution in [2.45, 2.75) is 0 Å². The van der Waals surface area contributed by atoms with Crippen molar-refractivity contribution in [3.63, 3.8) is 0 Å². The lowest BCUT2D eigenvalue weighted by atomic mass is 10.1. The molecule has 4 rings (SSSR count). The van der Waals surface area contributed by atoms with Crippen LogP contribution in [0.1, 0.15) is 0 Å². The molecule has 2 aromatic carbocycles. The van der Waals surface area contributed by atoms with E-state index in [9.17, 15) is 4.79 Å². The van der Waals surface area contributed by atoms with Gasteiger partial charge in [0.05, 0.1) is 6.20 Å². The summed E-state index contributed by atoms with van der Waals surface area (Å²) in [6, 6.07) is 14.9. The summed E-state index contributed by atoms with van der Waals surface area (Å²) in [5, 5.41) is 6.76. The summed E-state index contributed by atoms with van der Waals surface area (Å²) < 4.78 is 7.31. The van der Waals surface area contributed by atoms with E-state index in [1.165, 1.54) is 6.39 Å². The molecule has 0 aliphatic heterocycles. The zero-order chi connectivity index (χ0) is 17.2. The van der Waals surface area contributed by atoms with Crippen molar-refractivity contribution in [1.29, 1.82) is 0 Å². The maximum Gasteiger partial charge on any atom is 0.323 e. The highest BCUT2D eigenvalue weighted by Crippen LogP contribution is 2.23. The van der Waals surface area contributed by atoms with Crippen LogP contribution < -0.4 is 10.6 Å². The van der Waals surface area contributed by atoms with Crippen molar-refractivity contribution >= 4 is 28.3 Å². The molecular weight excluding hydrogens is 316 g/mol. The fourth-order valence-corrected chi connectivity index (χ4v) is 2.76. The van der Waals surface area contributed by atoms with Gasteiger partial charge in [0, 0.05) is 41.1 Å². The fraction of sp³-hybridized carbons (Fsp3) is 0.0526. The molecule has 0 unspecified atom stereocenters. The van der Waals surface area contributed by atoms with E-state index in [-0.39, 0.29) is 6.03 Å². The first-order valence-corrected chi connectivity index (χ1v) is 7.81. The van der Waals surface area contributed by atoms with Gasteiger partial charge >= 0.3 is 6.03 Å². The van der Waals surface area contributed by atoms with Crippen LogP contribution in [-0.4, -0.2) is 15.6 Å². The largest absolute Gasteiger partial charge is 0.444 e. The van der Waals surface area contributed by atoms with Crippen LogP contribution in [-0.2, 0) is 7.05 Å². The highest BCUT2D eigenvalue weighted by atomic mass is 16.3. The number of amides is 2.